The summed E-state index contributed by atoms with van der Waals surface area (Å²) in [7, 11) is 0. The SMILES string of the molecule is CCCC[C@@](C)(O)CCC1=CC[C@@H]2[C@H](CC[C@]3(C)[C@@H](C[C@@H](C)Cn4cc(C#N)cn4)CC[C@@H]23)C1. The Bertz CT molecular complexity index is 893. The molecule has 2 fully saturated rings. The molecule has 34 heavy (non-hydrogen) atoms. The zero-order valence-corrected chi connectivity index (χ0v) is 22.1. The lowest BCUT2D eigenvalue weighted by molar-refractivity contribution is 0.00206. The minimum absolute atomic E-state index is 0.493. The van der Waals surface area contributed by atoms with Gasteiger partial charge in [0.1, 0.15) is 6.07 Å². The van der Waals surface area contributed by atoms with Gasteiger partial charge in [0.05, 0.1) is 17.4 Å². The molecule has 0 saturated heterocycles. The fraction of sp³-hybridized carbons (Fsp3) is 0.800. The van der Waals surface area contributed by atoms with E-state index in [0.717, 1.165) is 62.3 Å². The number of unbranched alkanes of at least 4 members (excludes halogenated alkanes) is 1. The smallest absolute Gasteiger partial charge is 0.102 e. The highest BCUT2D eigenvalue weighted by Gasteiger charge is 2.53. The first-order valence-electron chi connectivity index (χ1n) is 14.1. The molecule has 1 heterocycles. The summed E-state index contributed by atoms with van der Waals surface area (Å²) in [5.74, 6) is 4.02. The molecule has 0 aromatic carbocycles. The lowest BCUT2D eigenvalue weighted by Crippen LogP contribution is -2.42. The summed E-state index contributed by atoms with van der Waals surface area (Å²) < 4.78 is 1.96. The number of aromatic nitrogens is 2. The number of hydrogen-bond acceptors (Lipinski definition) is 3. The molecule has 1 aromatic rings. The monoisotopic (exact) mass is 465 g/mol. The Labute approximate surface area is 207 Å². The number of rotatable bonds is 10. The Morgan fingerprint density at radius 3 is 2.88 bits per heavy atom. The molecule has 4 rings (SSSR count). The summed E-state index contributed by atoms with van der Waals surface area (Å²) in [4.78, 5) is 0. The van der Waals surface area contributed by atoms with Gasteiger partial charge in [0, 0.05) is 12.7 Å². The van der Waals surface area contributed by atoms with Gasteiger partial charge in [0.2, 0.25) is 0 Å². The Morgan fingerprint density at radius 1 is 1.32 bits per heavy atom. The molecule has 0 bridgehead atoms. The summed E-state index contributed by atoms with van der Waals surface area (Å²) >= 11 is 0. The summed E-state index contributed by atoms with van der Waals surface area (Å²) in [6.45, 7) is 10.1. The molecule has 0 aliphatic heterocycles. The van der Waals surface area contributed by atoms with Crippen molar-refractivity contribution in [2.45, 2.75) is 117 Å². The maximum absolute atomic E-state index is 10.7. The van der Waals surface area contributed by atoms with Crippen LogP contribution in [0.15, 0.2) is 24.0 Å². The molecule has 1 aromatic heterocycles. The largest absolute Gasteiger partial charge is 0.390 e. The van der Waals surface area contributed by atoms with Crippen molar-refractivity contribution >= 4 is 0 Å². The van der Waals surface area contributed by atoms with E-state index in [1.54, 1.807) is 11.8 Å². The van der Waals surface area contributed by atoms with E-state index in [9.17, 15) is 5.11 Å². The Hall–Kier alpha value is -1.60. The molecule has 0 amide bonds. The van der Waals surface area contributed by atoms with Crippen LogP contribution in [0.5, 0.6) is 0 Å². The van der Waals surface area contributed by atoms with Crippen molar-refractivity contribution in [1.82, 2.24) is 9.78 Å². The minimum atomic E-state index is -0.499. The zero-order chi connectivity index (χ0) is 24.3. The van der Waals surface area contributed by atoms with Crippen LogP contribution in [-0.4, -0.2) is 20.5 Å². The van der Waals surface area contributed by atoms with E-state index in [1.807, 2.05) is 17.8 Å². The fourth-order valence-electron chi connectivity index (χ4n) is 7.91. The van der Waals surface area contributed by atoms with E-state index < -0.39 is 5.60 Å². The third-order valence-corrected chi connectivity index (χ3v) is 9.99. The van der Waals surface area contributed by atoms with Crippen LogP contribution < -0.4 is 0 Å². The first-order chi connectivity index (χ1) is 16.2. The second-order valence-corrected chi connectivity index (χ2v) is 12.7. The van der Waals surface area contributed by atoms with E-state index in [1.165, 1.54) is 44.9 Å². The Morgan fingerprint density at radius 2 is 2.15 bits per heavy atom. The van der Waals surface area contributed by atoms with Crippen molar-refractivity contribution in [1.29, 1.82) is 5.26 Å². The van der Waals surface area contributed by atoms with Gasteiger partial charge in [0.15, 0.2) is 0 Å². The molecule has 0 radical (unpaired) electrons. The minimum Gasteiger partial charge on any atom is -0.390 e. The van der Waals surface area contributed by atoms with E-state index >= 15 is 0 Å². The molecule has 1 N–H and O–H groups in total. The first kappa shape index (κ1) is 25.5. The lowest BCUT2D eigenvalue weighted by Gasteiger charge is -2.50. The van der Waals surface area contributed by atoms with Gasteiger partial charge in [-0.3, -0.25) is 4.68 Å². The van der Waals surface area contributed by atoms with Crippen LogP contribution >= 0.6 is 0 Å². The van der Waals surface area contributed by atoms with Gasteiger partial charge in [0.25, 0.3) is 0 Å². The molecule has 4 nitrogen and oxygen atoms in total. The van der Waals surface area contributed by atoms with E-state index in [0.29, 0.717) is 16.9 Å². The third-order valence-electron chi connectivity index (χ3n) is 9.99. The van der Waals surface area contributed by atoms with Crippen molar-refractivity contribution in [2.24, 2.45) is 35.0 Å². The average molecular weight is 466 g/mol. The molecule has 0 unspecified atom stereocenters. The van der Waals surface area contributed by atoms with Crippen LogP contribution in [0, 0.1) is 46.3 Å². The number of allylic oxidation sites excluding steroid dienone is 2. The molecular weight excluding hydrogens is 418 g/mol. The molecular formula is C30H47N3O. The number of fused-ring (bicyclic) bond motifs is 3. The molecule has 4 heteroatoms. The number of nitrogens with zero attached hydrogens (tertiary/aromatic N) is 3. The van der Waals surface area contributed by atoms with Gasteiger partial charge in [-0.25, -0.2) is 0 Å². The highest BCUT2D eigenvalue weighted by Crippen LogP contribution is 2.62. The van der Waals surface area contributed by atoms with Crippen LogP contribution in [0.1, 0.15) is 110 Å². The quantitative estimate of drug-likeness (QED) is 0.369. The van der Waals surface area contributed by atoms with Gasteiger partial charge in [-0.15, -0.1) is 0 Å². The van der Waals surface area contributed by atoms with E-state index in [-0.39, 0.29) is 0 Å². The van der Waals surface area contributed by atoms with Gasteiger partial charge in [-0.05, 0) is 106 Å². The van der Waals surface area contributed by atoms with Crippen molar-refractivity contribution in [3.63, 3.8) is 0 Å². The van der Waals surface area contributed by atoms with Crippen LogP contribution in [0.4, 0.5) is 0 Å². The second kappa shape index (κ2) is 10.6. The van der Waals surface area contributed by atoms with Gasteiger partial charge >= 0.3 is 0 Å². The summed E-state index contributed by atoms with van der Waals surface area (Å²) in [6, 6.07) is 2.19. The maximum Gasteiger partial charge on any atom is 0.102 e. The zero-order valence-electron chi connectivity index (χ0n) is 22.1. The molecule has 0 spiro atoms. The third kappa shape index (κ3) is 5.62. The predicted molar refractivity (Wildman–Crippen MR) is 138 cm³/mol. The highest BCUT2D eigenvalue weighted by atomic mass is 16.3. The fourth-order valence-corrected chi connectivity index (χ4v) is 7.91. The number of hydrogen-bond donors (Lipinski definition) is 1. The lowest BCUT2D eigenvalue weighted by atomic mass is 9.54. The molecule has 3 aliphatic rings. The normalized spacial score (nSPS) is 33.4. The average Bonchev–Trinajstić information content (AvgIpc) is 3.40. The predicted octanol–water partition coefficient (Wildman–Crippen LogP) is 7.28. The van der Waals surface area contributed by atoms with Gasteiger partial charge in [-0.2, -0.15) is 10.4 Å². The highest BCUT2D eigenvalue weighted by molar-refractivity contribution is 5.21. The summed E-state index contributed by atoms with van der Waals surface area (Å²) in [6.07, 6.45) is 20.8. The van der Waals surface area contributed by atoms with Crippen molar-refractivity contribution < 1.29 is 5.11 Å². The topological polar surface area (TPSA) is 61.8 Å². The first-order valence-corrected chi connectivity index (χ1v) is 14.1. The second-order valence-electron chi connectivity index (χ2n) is 12.7. The summed E-state index contributed by atoms with van der Waals surface area (Å²) in [5, 5.41) is 24.2. The standard InChI is InChI=1S/C30H47N3O/c1-5-6-13-29(3,34)14-11-23-7-9-27-25(17-23)12-15-30(4)26(8-10-28(27)30)16-22(2)20-33-21-24(18-31)19-32-33/h7,19,21-22,25-28,34H,5-6,8-17,20H2,1-4H3/t22-,25-,26-,27-,28+,29-,30-/m1/s1. The maximum atomic E-state index is 10.7. The molecule has 7 atom stereocenters. The van der Waals surface area contributed by atoms with Crippen molar-refractivity contribution in [3.8, 4) is 6.07 Å². The molecule has 188 valence electrons. The van der Waals surface area contributed by atoms with E-state index in [4.69, 9.17) is 5.26 Å². The summed E-state index contributed by atoms with van der Waals surface area (Å²) in [5.41, 5.74) is 2.28. The van der Waals surface area contributed by atoms with E-state index in [2.05, 4.69) is 38.0 Å². The van der Waals surface area contributed by atoms with Crippen LogP contribution in [0.3, 0.4) is 0 Å². The van der Waals surface area contributed by atoms with Crippen LogP contribution in [0.2, 0.25) is 0 Å². The van der Waals surface area contributed by atoms with Gasteiger partial charge < -0.3 is 5.11 Å². The Balaban J connectivity index is 1.32. The van der Waals surface area contributed by atoms with Crippen molar-refractivity contribution in [2.75, 3.05) is 0 Å². The number of nitriles is 1. The molecule has 3 aliphatic carbocycles. The van der Waals surface area contributed by atoms with Gasteiger partial charge in [-0.1, -0.05) is 45.3 Å². The Kier molecular flexibility index (Phi) is 7.92. The van der Waals surface area contributed by atoms with Crippen LogP contribution in [-0.2, 0) is 6.54 Å². The van der Waals surface area contributed by atoms with Crippen LogP contribution in [0.25, 0.3) is 0 Å². The molecule has 2 saturated carbocycles. The van der Waals surface area contributed by atoms with Crippen molar-refractivity contribution in [3.05, 3.63) is 29.6 Å². The number of aliphatic hydroxyl groups is 1.